The number of carbonyl (C=O) groups is 4. The van der Waals surface area contributed by atoms with E-state index in [9.17, 15) is 19.2 Å². The van der Waals surface area contributed by atoms with Gasteiger partial charge in [0.1, 0.15) is 0 Å². The Labute approximate surface area is 147 Å². The topological polar surface area (TPSA) is 104 Å². The lowest BCUT2D eigenvalue weighted by atomic mass is 9.81. The molecular weight excluding hydrogens is 351 g/mol. The lowest BCUT2D eigenvalue weighted by Gasteiger charge is -2.29. The molecule has 1 saturated carbocycles. The molecule has 0 aromatic rings. The number of imide groups is 1. The number of nitrogens with one attached hydrogen (secondary N) is 1. The number of hydrogen-bond acceptors (Lipinski definition) is 5. The average Bonchev–Trinajstić information content (AvgIpc) is 2.82. The number of hydrogen-bond donors (Lipinski definition) is 2. The summed E-state index contributed by atoms with van der Waals surface area (Å²) in [5, 5.41) is 10.8. The first kappa shape index (κ1) is 19.2. The molecule has 3 amide bonds. The summed E-state index contributed by atoms with van der Waals surface area (Å²) >= 11 is 1.25. The van der Waals surface area contributed by atoms with Gasteiger partial charge in [0.2, 0.25) is 17.7 Å². The molecule has 0 spiro atoms. The second kappa shape index (κ2) is 8.81. The maximum Gasteiger partial charge on any atom is 0.304 e. The zero-order chi connectivity index (χ0) is 17.7. The molecule has 1 aliphatic heterocycles. The van der Waals surface area contributed by atoms with Crippen LogP contribution in [0.4, 0.5) is 0 Å². The van der Waals surface area contributed by atoms with Crippen molar-refractivity contribution >= 4 is 44.8 Å². The zero-order valence-electron chi connectivity index (χ0n) is 13.4. The molecular formula is C15H23N2O5PS. The van der Waals surface area contributed by atoms with Crippen LogP contribution in [0.15, 0.2) is 0 Å². The Bertz CT molecular complexity index is 522. The second-order valence-electron chi connectivity index (χ2n) is 6.28. The van der Waals surface area contributed by atoms with Gasteiger partial charge in [-0.15, -0.1) is 11.8 Å². The van der Waals surface area contributed by atoms with Crippen LogP contribution in [0.1, 0.15) is 38.5 Å². The van der Waals surface area contributed by atoms with E-state index in [-0.39, 0.29) is 42.4 Å². The zero-order valence-corrected chi connectivity index (χ0v) is 15.4. The highest BCUT2D eigenvalue weighted by Crippen LogP contribution is 2.32. The van der Waals surface area contributed by atoms with Crippen molar-refractivity contribution in [2.24, 2.45) is 11.8 Å². The molecule has 0 aromatic heterocycles. The largest absolute Gasteiger partial charge is 0.481 e. The predicted molar refractivity (Wildman–Crippen MR) is 93.1 cm³/mol. The summed E-state index contributed by atoms with van der Waals surface area (Å²) in [5.41, 5.74) is 0. The second-order valence-corrected chi connectivity index (χ2v) is 7.88. The Balaban J connectivity index is 1.80. The third-order valence-corrected chi connectivity index (χ3v) is 6.13. The molecule has 1 aliphatic carbocycles. The van der Waals surface area contributed by atoms with Crippen molar-refractivity contribution < 1.29 is 24.3 Å². The van der Waals surface area contributed by atoms with E-state index in [0.29, 0.717) is 12.3 Å². The maximum atomic E-state index is 12.4. The number of carbonyl (C=O) groups excluding carboxylic acids is 3. The quantitative estimate of drug-likeness (QED) is 0.510. The van der Waals surface area contributed by atoms with E-state index in [1.165, 1.54) is 16.7 Å². The van der Waals surface area contributed by atoms with Crippen molar-refractivity contribution in [2.75, 3.05) is 12.3 Å². The standard InChI is InChI=1S/C15H23N2O5PS/c18-12-7-11(24-6-5-13(19)20)15(22)17(12)8-9-1-3-10(4-2-9)14(21)16-23/h9-11H,1-8,23H2,(H,16,21)(H,19,20). The van der Waals surface area contributed by atoms with Crippen molar-refractivity contribution in [1.29, 1.82) is 0 Å². The summed E-state index contributed by atoms with van der Waals surface area (Å²) < 4.78 is 0. The first-order valence-corrected chi connectivity index (χ1v) is 9.73. The Morgan fingerprint density at radius 3 is 2.50 bits per heavy atom. The Kier molecular flexibility index (Phi) is 7.04. The minimum Gasteiger partial charge on any atom is -0.481 e. The van der Waals surface area contributed by atoms with Crippen LogP contribution in [0, 0.1) is 11.8 Å². The fourth-order valence-electron chi connectivity index (χ4n) is 3.25. The van der Waals surface area contributed by atoms with Crippen LogP contribution < -0.4 is 5.09 Å². The van der Waals surface area contributed by atoms with Crippen molar-refractivity contribution in [3.8, 4) is 0 Å². The first-order valence-electron chi connectivity index (χ1n) is 8.10. The van der Waals surface area contributed by atoms with Crippen LogP contribution in [0.25, 0.3) is 0 Å². The van der Waals surface area contributed by atoms with Crippen LogP contribution in [0.5, 0.6) is 0 Å². The molecule has 0 radical (unpaired) electrons. The van der Waals surface area contributed by atoms with Crippen molar-refractivity contribution in [3.63, 3.8) is 0 Å². The van der Waals surface area contributed by atoms with E-state index in [1.54, 1.807) is 0 Å². The molecule has 2 rings (SSSR count). The number of likely N-dealkylation sites (tertiary alicyclic amines) is 1. The minimum atomic E-state index is -0.901. The van der Waals surface area contributed by atoms with Crippen LogP contribution in [-0.4, -0.2) is 51.2 Å². The van der Waals surface area contributed by atoms with E-state index in [2.05, 4.69) is 14.5 Å². The molecule has 0 aromatic carbocycles. The fraction of sp³-hybridized carbons (Fsp3) is 0.733. The van der Waals surface area contributed by atoms with Crippen LogP contribution in [-0.2, 0) is 19.2 Å². The summed E-state index contributed by atoms with van der Waals surface area (Å²) in [5.74, 6) is -0.638. The average molecular weight is 374 g/mol. The first-order chi connectivity index (χ1) is 11.4. The third-order valence-electron chi connectivity index (χ3n) is 4.64. The number of nitrogens with zero attached hydrogens (tertiary/aromatic N) is 1. The molecule has 2 atom stereocenters. The molecule has 2 aliphatic rings. The molecule has 0 bridgehead atoms. The fourth-order valence-corrected chi connectivity index (χ4v) is 4.59. The summed E-state index contributed by atoms with van der Waals surface area (Å²) in [7, 11) is 2.22. The number of aliphatic carboxylic acids is 1. The molecule has 2 fully saturated rings. The predicted octanol–water partition coefficient (Wildman–Crippen LogP) is 1.03. The Morgan fingerprint density at radius 1 is 1.25 bits per heavy atom. The number of carboxylic acids is 1. The summed E-state index contributed by atoms with van der Waals surface area (Å²) in [4.78, 5) is 47.9. The highest BCUT2D eigenvalue weighted by molar-refractivity contribution is 8.00. The minimum absolute atomic E-state index is 0.00950. The van der Waals surface area contributed by atoms with E-state index in [0.717, 1.165) is 25.7 Å². The summed E-state index contributed by atoms with van der Waals surface area (Å²) in [6.07, 6.45) is 3.36. The normalized spacial score (nSPS) is 27.4. The maximum absolute atomic E-state index is 12.4. The van der Waals surface area contributed by atoms with Crippen molar-refractivity contribution in [2.45, 2.75) is 43.8 Å². The van der Waals surface area contributed by atoms with Gasteiger partial charge in [0.05, 0.1) is 11.7 Å². The molecule has 9 heteroatoms. The van der Waals surface area contributed by atoms with Gasteiger partial charge in [-0.3, -0.25) is 24.1 Å². The van der Waals surface area contributed by atoms with Crippen LogP contribution in [0.3, 0.4) is 0 Å². The molecule has 134 valence electrons. The lowest BCUT2D eigenvalue weighted by molar-refractivity contribution is -0.140. The van der Waals surface area contributed by atoms with Gasteiger partial charge in [-0.1, -0.05) is 0 Å². The monoisotopic (exact) mass is 374 g/mol. The summed E-state index contributed by atoms with van der Waals surface area (Å²) in [6.45, 7) is 0.420. The highest BCUT2D eigenvalue weighted by atomic mass is 32.2. The van der Waals surface area contributed by atoms with Crippen LogP contribution in [0.2, 0.25) is 0 Å². The smallest absolute Gasteiger partial charge is 0.304 e. The Morgan fingerprint density at radius 2 is 1.92 bits per heavy atom. The molecule has 2 N–H and O–H groups in total. The van der Waals surface area contributed by atoms with Gasteiger partial charge in [-0.25, -0.2) is 0 Å². The van der Waals surface area contributed by atoms with Gasteiger partial charge >= 0.3 is 5.97 Å². The van der Waals surface area contributed by atoms with Crippen molar-refractivity contribution in [1.82, 2.24) is 9.99 Å². The van der Waals surface area contributed by atoms with E-state index < -0.39 is 11.2 Å². The molecule has 24 heavy (non-hydrogen) atoms. The molecule has 1 heterocycles. The van der Waals surface area contributed by atoms with Gasteiger partial charge in [-0.2, -0.15) is 0 Å². The number of thioether (sulfide) groups is 1. The van der Waals surface area contributed by atoms with Gasteiger partial charge in [-0.05, 0) is 41.0 Å². The molecule has 7 nitrogen and oxygen atoms in total. The number of amides is 3. The Hall–Kier alpha value is -1.14. The van der Waals surface area contributed by atoms with E-state index >= 15 is 0 Å². The van der Waals surface area contributed by atoms with Gasteiger partial charge in [0.15, 0.2) is 0 Å². The number of rotatable bonds is 7. The molecule has 2 unspecified atom stereocenters. The lowest BCUT2D eigenvalue weighted by Crippen LogP contribution is -2.38. The third kappa shape index (κ3) is 4.93. The highest BCUT2D eigenvalue weighted by Gasteiger charge is 2.40. The van der Waals surface area contributed by atoms with Crippen LogP contribution >= 0.6 is 21.2 Å². The van der Waals surface area contributed by atoms with E-state index in [1.807, 2.05) is 0 Å². The van der Waals surface area contributed by atoms with E-state index in [4.69, 9.17) is 5.11 Å². The van der Waals surface area contributed by atoms with Gasteiger partial charge in [0, 0.05) is 24.6 Å². The SMILES string of the molecule is O=C(O)CCSC1CC(=O)N(CC2CCC(C(=O)NP)CC2)C1=O. The van der Waals surface area contributed by atoms with Gasteiger partial charge < -0.3 is 10.2 Å². The van der Waals surface area contributed by atoms with Gasteiger partial charge in [0.25, 0.3) is 0 Å². The summed E-state index contributed by atoms with van der Waals surface area (Å²) in [6, 6.07) is 0. The van der Waals surface area contributed by atoms with Crippen molar-refractivity contribution in [3.05, 3.63) is 0 Å². The number of carboxylic acid groups (broad SMARTS) is 1. The molecule has 1 saturated heterocycles.